The van der Waals surface area contributed by atoms with Crippen LogP contribution in [0.4, 0.5) is 0 Å². The maximum atomic E-state index is 8.74. The molecular formula is C10H15NO2. The number of aromatic nitrogens is 1. The lowest BCUT2D eigenvalue weighted by Gasteiger charge is -2.04. The van der Waals surface area contributed by atoms with Crippen LogP contribution in [0.25, 0.3) is 0 Å². The summed E-state index contributed by atoms with van der Waals surface area (Å²) in [6, 6.07) is 3.91. The van der Waals surface area contributed by atoms with E-state index in [2.05, 4.69) is 4.98 Å². The summed E-state index contributed by atoms with van der Waals surface area (Å²) in [5.74, 6) is 0. The number of hydrogen-bond donors (Lipinski definition) is 2. The van der Waals surface area contributed by atoms with Gasteiger partial charge in [0.25, 0.3) is 0 Å². The molecule has 0 saturated heterocycles. The molecule has 1 heterocycles. The van der Waals surface area contributed by atoms with E-state index in [1.807, 2.05) is 19.1 Å². The van der Waals surface area contributed by atoms with Crippen molar-refractivity contribution in [1.29, 1.82) is 0 Å². The zero-order chi connectivity index (χ0) is 9.68. The van der Waals surface area contributed by atoms with Gasteiger partial charge in [0, 0.05) is 37.4 Å². The van der Waals surface area contributed by atoms with E-state index < -0.39 is 0 Å². The summed E-state index contributed by atoms with van der Waals surface area (Å²) in [6.45, 7) is 2.23. The van der Waals surface area contributed by atoms with Crippen LogP contribution in [0.2, 0.25) is 0 Å². The molecule has 0 spiro atoms. The Balaban J connectivity index is 2.83. The summed E-state index contributed by atoms with van der Waals surface area (Å²) in [5.41, 5.74) is 2.92. The fourth-order valence-corrected chi connectivity index (χ4v) is 1.30. The van der Waals surface area contributed by atoms with Gasteiger partial charge in [-0.05, 0) is 24.6 Å². The predicted octanol–water partition coefficient (Wildman–Crippen LogP) is 0.460. The average molecular weight is 181 g/mol. The van der Waals surface area contributed by atoms with Crippen molar-refractivity contribution in [2.75, 3.05) is 13.2 Å². The largest absolute Gasteiger partial charge is 0.396 e. The van der Waals surface area contributed by atoms with Crippen LogP contribution in [0.15, 0.2) is 12.1 Å². The molecule has 0 bridgehead atoms. The number of aryl methyl sites for hydroxylation is 1. The molecule has 3 heteroatoms. The normalized spacial score (nSPS) is 10.4. The van der Waals surface area contributed by atoms with Gasteiger partial charge in [-0.1, -0.05) is 0 Å². The highest BCUT2D eigenvalue weighted by Crippen LogP contribution is 2.06. The van der Waals surface area contributed by atoms with E-state index in [0.717, 1.165) is 17.0 Å². The van der Waals surface area contributed by atoms with Gasteiger partial charge in [-0.3, -0.25) is 4.98 Å². The number of aliphatic hydroxyl groups excluding tert-OH is 2. The second-order valence-corrected chi connectivity index (χ2v) is 3.07. The minimum absolute atomic E-state index is 0.120. The summed E-state index contributed by atoms with van der Waals surface area (Å²) >= 11 is 0. The third-order valence-electron chi connectivity index (χ3n) is 1.81. The molecule has 0 amide bonds. The molecule has 0 atom stereocenters. The predicted molar refractivity (Wildman–Crippen MR) is 50.6 cm³/mol. The Labute approximate surface area is 78.1 Å². The lowest BCUT2D eigenvalue weighted by Crippen LogP contribution is -2.01. The highest BCUT2D eigenvalue weighted by atomic mass is 16.3. The summed E-state index contributed by atoms with van der Waals surface area (Å²) in [5, 5.41) is 17.5. The first-order valence-corrected chi connectivity index (χ1v) is 4.44. The van der Waals surface area contributed by atoms with Gasteiger partial charge in [-0.25, -0.2) is 0 Å². The lowest BCUT2D eigenvalue weighted by molar-refractivity contribution is 0.295. The van der Waals surface area contributed by atoms with Crippen molar-refractivity contribution in [1.82, 2.24) is 4.98 Å². The fraction of sp³-hybridized carbons (Fsp3) is 0.500. The van der Waals surface area contributed by atoms with Crippen molar-refractivity contribution in [2.45, 2.75) is 19.8 Å². The molecule has 1 rings (SSSR count). The maximum absolute atomic E-state index is 8.74. The zero-order valence-corrected chi connectivity index (χ0v) is 7.82. The molecule has 3 nitrogen and oxygen atoms in total. The van der Waals surface area contributed by atoms with Crippen molar-refractivity contribution in [3.8, 4) is 0 Å². The van der Waals surface area contributed by atoms with Gasteiger partial charge < -0.3 is 10.2 Å². The van der Waals surface area contributed by atoms with E-state index in [9.17, 15) is 0 Å². The fourth-order valence-electron chi connectivity index (χ4n) is 1.30. The quantitative estimate of drug-likeness (QED) is 0.709. The number of nitrogens with zero attached hydrogens (tertiary/aromatic N) is 1. The molecule has 72 valence electrons. The average Bonchev–Trinajstić information content (AvgIpc) is 2.04. The van der Waals surface area contributed by atoms with E-state index in [-0.39, 0.29) is 13.2 Å². The standard InChI is InChI=1S/C10H15NO2/c1-8-6-9(2-4-12)11-10(7-8)3-5-13/h6-7,12-13H,2-5H2,1H3. The van der Waals surface area contributed by atoms with Gasteiger partial charge in [-0.2, -0.15) is 0 Å². The molecule has 0 saturated carbocycles. The molecule has 1 aromatic heterocycles. The highest BCUT2D eigenvalue weighted by Gasteiger charge is 1.99. The van der Waals surface area contributed by atoms with Crippen LogP contribution in [0.3, 0.4) is 0 Å². The molecular weight excluding hydrogens is 166 g/mol. The van der Waals surface area contributed by atoms with Gasteiger partial charge >= 0.3 is 0 Å². The second-order valence-electron chi connectivity index (χ2n) is 3.07. The Morgan fingerprint density at radius 2 is 1.54 bits per heavy atom. The number of pyridine rings is 1. The van der Waals surface area contributed by atoms with Crippen LogP contribution < -0.4 is 0 Å². The molecule has 0 unspecified atom stereocenters. The Bertz CT molecular complexity index is 249. The minimum atomic E-state index is 0.120. The van der Waals surface area contributed by atoms with Crippen LogP contribution in [0.5, 0.6) is 0 Å². The highest BCUT2D eigenvalue weighted by molar-refractivity contribution is 5.20. The molecule has 2 N–H and O–H groups in total. The van der Waals surface area contributed by atoms with E-state index in [1.54, 1.807) is 0 Å². The Morgan fingerprint density at radius 1 is 1.08 bits per heavy atom. The van der Waals surface area contributed by atoms with Crippen LogP contribution in [0, 0.1) is 6.92 Å². The molecule has 0 aliphatic heterocycles. The monoisotopic (exact) mass is 181 g/mol. The van der Waals surface area contributed by atoms with Gasteiger partial charge in [0.05, 0.1) is 0 Å². The van der Waals surface area contributed by atoms with Crippen molar-refractivity contribution >= 4 is 0 Å². The van der Waals surface area contributed by atoms with Gasteiger partial charge in [0.1, 0.15) is 0 Å². The van der Waals surface area contributed by atoms with Crippen molar-refractivity contribution in [3.63, 3.8) is 0 Å². The molecule has 0 aromatic carbocycles. The topological polar surface area (TPSA) is 53.4 Å². The minimum Gasteiger partial charge on any atom is -0.396 e. The molecule has 0 radical (unpaired) electrons. The van der Waals surface area contributed by atoms with Crippen molar-refractivity contribution in [2.24, 2.45) is 0 Å². The molecule has 0 fully saturated rings. The van der Waals surface area contributed by atoms with Crippen molar-refractivity contribution in [3.05, 3.63) is 29.1 Å². The van der Waals surface area contributed by atoms with E-state index in [0.29, 0.717) is 12.8 Å². The number of aliphatic hydroxyl groups is 2. The lowest BCUT2D eigenvalue weighted by atomic mass is 10.1. The van der Waals surface area contributed by atoms with E-state index >= 15 is 0 Å². The van der Waals surface area contributed by atoms with Gasteiger partial charge in [-0.15, -0.1) is 0 Å². The van der Waals surface area contributed by atoms with Crippen LogP contribution >= 0.6 is 0 Å². The summed E-state index contributed by atoms with van der Waals surface area (Å²) < 4.78 is 0. The second kappa shape index (κ2) is 4.94. The Hall–Kier alpha value is -0.930. The van der Waals surface area contributed by atoms with Crippen molar-refractivity contribution < 1.29 is 10.2 Å². The van der Waals surface area contributed by atoms with Crippen LogP contribution in [0.1, 0.15) is 17.0 Å². The molecule has 0 aliphatic rings. The zero-order valence-electron chi connectivity index (χ0n) is 7.82. The van der Waals surface area contributed by atoms with E-state index in [4.69, 9.17) is 10.2 Å². The molecule has 0 aliphatic carbocycles. The first-order chi connectivity index (χ1) is 6.26. The molecule has 13 heavy (non-hydrogen) atoms. The third-order valence-corrected chi connectivity index (χ3v) is 1.81. The first-order valence-electron chi connectivity index (χ1n) is 4.44. The summed E-state index contributed by atoms with van der Waals surface area (Å²) in [6.07, 6.45) is 1.17. The molecule has 1 aromatic rings. The van der Waals surface area contributed by atoms with Gasteiger partial charge in [0.15, 0.2) is 0 Å². The Kier molecular flexibility index (Phi) is 3.86. The van der Waals surface area contributed by atoms with Gasteiger partial charge in [0.2, 0.25) is 0 Å². The summed E-state index contributed by atoms with van der Waals surface area (Å²) in [7, 11) is 0. The summed E-state index contributed by atoms with van der Waals surface area (Å²) in [4.78, 5) is 4.29. The maximum Gasteiger partial charge on any atom is 0.0486 e. The first kappa shape index (κ1) is 10.2. The number of hydrogen-bond acceptors (Lipinski definition) is 3. The third kappa shape index (κ3) is 3.13. The Morgan fingerprint density at radius 3 is 1.92 bits per heavy atom. The van der Waals surface area contributed by atoms with Crippen LogP contribution in [-0.2, 0) is 12.8 Å². The smallest absolute Gasteiger partial charge is 0.0486 e. The van der Waals surface area contributed by atoms with E-state index in [1.165, 1.54) is 0 Å². The van der Waals surface area contributed by atoms with Crippen LogP contribution in [-0.4, -0.2) is 28.4 Å². The number of rotatable bonds is 4. The SMILES string of the molecule is Cc1cc(CCO)nc(CCO)c1.